The van der Waals surface area contributed by atoms with Gasteiger partial charge in [-0.1, -0.05) is 25.2 Å². The quantitative estimate of drug-likeness (QED) is 0.510. The molecule has 1 rings (SSSR count). The minimum atomic E-state index is -0.123. The van der Waals surface area contributed by atoms with Crippen LogP contribution in [0, 0.1) is 5.92 Å². The van der Waals surface area contributed by atoms with Gasteiger partial charge in [0, 0.05) is 6.42 Å². The van der Waals surface area contributed by atoms with E-state index < -0.39 is 0 Å². The van der Waals surface area contributed by atoms with Gasteiger partial charge in [0.1, 0.15) is 6.10 Å². The van der Waals surface area contributed by atoms with Crippen LogP contribution in [0.25, 0.3) is 0 Å². The van der Waals surface area contributed by atoms with Crippen LogP contribution in [-0.4, -0.2) is 12.1 Å². The fourth-order valence-electron chi connectivity index (χ4n) is 1.59. The third-order valence-corrected chi connectivity index (χ3v) is 2.56. The van der Waals surface area contributed by atoms with E-state index >= 15 is 0 Å². The standard InChI is InChI=1S/C12H18O2/c1-4-12(13)14-11-7-5-6-10(8-11)9(2)3/h5,7,10-11H,2,4,6,8H2,1,3H3/t10-,11+/m1/s1. The maximum atomic E-state index is 11.1. The molecule has 0 unspecified atom stereocenters. The van der Waals surface area contributed by atoms with Crippen LogP contribution < -0.4 is 0 Å². The van der Waals surface area contributed by atoms with E-state index in [9.17, 15) is 4.79 Å². The average molecular weight is 194 g/mol. The molecule has 0 aromatic heterocycles. The van der Waals surface area contributed by atoms with Crippen molar-refractivity contribution in [1.82, 2.24) is 0 Å². The molecule has 0 aromatic rings. The number of carbonyl (C=O) groups excluding carboxylic acids is 1. The fraction of sp³-hybridized carbons (Fsp3) is 0.583. The molecule has 0 heterocycles. The van der Waals surface area contributed by atoms with Gasteiger partial charge >= 0.3 is 5.97 Å². The first kappa shape index (κ1) is 11.0. The molecule has 2 atom stereocenters. The van der Waals surface area contributed by atoms with Crippen molar-refractivity contribution in [2.45, 2.75) is 39.2 Å². The summed E-state index contributed by atoms with van der Waals surface area (Å²) < 4.78 is 5.25. The molecular weight excluding hydrogens is 176 g/mol. The maximum Gasteiger partial charge on any atom is 0.306 e. The van der Waals surface area contributed by atoms with Crippen LogP contribution >= 0.6 is 0 Å². The Labute approximate surface area is 85.6 Å². The number of hydrogen-bond donors (Lipinski definition) is 0. The lowest BCUT2D eigenvalue weighted by molar-refractivity contribution is -0.147. The normalized spacial score (nSPS) is 25.9. The van der Waals surface area contributed by atoms with Gasteiger partial charge in [-0.2, -0.15) is 0 Å². The summed E-state index contributed by atoms with van der Waals surface area (Å²) in [5.74, 6) is 0.344. The van der Waals surface area contributed by atoms with Crippen LogP contribution in [0.5, 0.6) is 0 Å². The third-order valence-electron chi connectivity index (χ3n) is 2.56. The summed E-state index contributed by atoms with van der Waals surface area (Å²) in [6.07, 6.45) is 6.37. The van der Waals surface area contributed by atoms with Gasteiger partial charge in [0.25, 0.3) is 0 Å². The first-order chi connectivity index (χ1) is 6.63. The second kappa shape index (κ2) is 4.99. The van der Waals surface area contributed by atoms with Crippen LogP contribution in [0.15, 0.2) is 24.3 Å². The zero-order valence-corrected chi connectivity index (χ0v) is 8.95. The Kier molecular flexibility index (Phi) is 3.93. The van der Waals surface area contributed by atoms with Crippen molar-refractivity contribution in [3.05, 3.63) is 24.3 Å². The van der Waals surface area contributed by atoms with E-state index in [1.165, 1.54) is 5.57 Å². The van der Waals surface area contributed by atoms with Gasteiger partial charge in [0.2, 0.25) is 0 Å². The smallest absolute Gasteiger partial charge is 0.306 e. The Morgan fingerprint density at radius 3 is 2.93 bits per heavy atom. The minimum Gasteiger partial charge on any atom is -0.458 e. The Bertz CT molecular complexity index is 253. The minimum absolute atomic E-state index is 0.0436. The summed E-state index contributed by atoms with van der Waals surface area (Å²) in [7, 11) is 0. The largest absolute Gasteiger partial charge is 0.458 e. The van der Waals surface area contributed by atoms with E-state index in [1.807, 2.05) is 19.9 Å². The van der Waals surface area contributed by atoms with E-state index in [0.29, 0.717) is 12.3 Å². The summed E-state index contributed by atoms with van der Waals surface area (Å²) in [6, 6.07) is 0. The van der Waals surface area contributed by atoms with Gasteiger partial charge < -0.3 is 4.74 Å². The topological polar surface area (TPSA) is 26.3 Å². The third kappa shape index (κ3) is 3.02. The molecule has 2 nitrogen and oxygen atoms in total. The number of carbonyl (C=O) groups is 1. The van der Waals surface area contributed by atoms with Crippen molar-refractivity contribution in [2.75, 3.05) is 0 Å². The van der Waals surface area contributed by atoms with Gasteiger partial charge in [-0.3, -0.25) is 4.79 Å². The fourth-order valence-corrected chi connectivity index (χ4v) is 1.59. The van der Waals surface area contributed by atoms with Gasteiger partial charge in [-0.25, -0.2) is 0 Å². The Morgan fingerprint density at radius 1 is 1.64 bits per heavy atom. The monoisotopic (exact) mass is 194 g/mol. The van der Waals surface area contributed by atoms with E-state index in [4.69, 9.17) is 4.74 Å². The molecule has 0 saturated heterocycles. The highest BCUT2D eigenvalue weighted by molar-refractivity contribution is 5.69. The molecule has 0 bridgehead atoms. The molecule has 0 spiro atoms. The number of ether oxygens (including phenoxy) is 1. The van der Waals surface area contributed by atoms with Crippen LogP contribution in [0.2, 0.25) is 0 Å². The lowest BCUT2D eigenvalue weighted by atomic mass is 9.88. The summed E-state index contributed by atoms with van der Waals surface area (Å²) in [4.78, 5) is 11.1. The molecule has 0 aliphatic heterocycles. The Morgan fingerprint density at radius 2 is 2.36 bits per heavy atom. The summed E-state index contributed by atoms with van der Waals surface area (Å²) in [5.41, 5.74) is 1.17. The predicted octanol–water partition coefficient (Wildman–Crippen LogP) is 2.85. The molecular formula is C12H18O2. The van der Waals surface area contributed by atoms with Crippen molar-refractivity contribution >= 4 is 5.97 Å². The van der Waals surface area contributed by atoms with E-state index in [2.05, 4.69) is 12.7 Å². The first-order valence-electron chi connectivity index (χ1n) is 5.15. The predicted molar refractivity (Wildman–Crippen MR) is 56.8 cm³/mol. The lowest BCUT2D eigenvalue weighted by Gasteiger charge is -2.24. The number of hydrogen-bond acceptors (Lipinski definition) is 2. The van der Waals surface area contributed by atoms with Crippen molar-refractivity contribution in [3.63, 3.8) is 0 Å². The molecule has 0 aromatic carbocycles. The van der Waals surface area contributed by atoms with Crippen LogP contribution in [0.3, 0.4) is 0 Å². The molecule has 0 saturated carbocycles. The van der Waals surface area contributed by atoms with E-state index in [1.54, 1.807) is 0 Å². The average Bonchev–Trinajstić information content (AvgIpc) is 2.18. The summed E-state index contributed by atoms with van der Waals surface area (Å²) in [6.45, 7) is 7.78. The number of allylic oxidation sites excluding steroid dienone is 2. The molecule has 0 amide bonds. The second-order valence-corrected chi connectivity index (χ2v) is 3.82. The van der Waals surface area contributed by atoms with Gasteiger partial charge in [0.15, 0.2) is 0 Å². The highest BCUT2D eigenvalue weighted by Gasteiger charge is 2.20. The lowest BCUT2D eigenvalue weighted by Crippen LogP contribution is -2.22. The van der Waals surface area contributed by atoms with E-state index in [-0.39, 0.29) is 12.1 Å². The van der Waals surface area contributed by atoms with Crippen molar-refractivity contribution in [3.8, 4) is 0 Å². The van der Waals surface area contributed by atoms with Gasteiger partial charge in [-0.15, -0.1) is 0 Å². The number of esters is 1. The SMILES string of the molecule is C=C(C)[C@@H]1CC=C[C@H](OC(=O)CC)C1. The number of rotatable bonds is 3. The molecule has 78 valence electrons. The van der Waals surface area contributed by atoms with Crippen LogP contribution in [-0.2, 0) is 9.53 Å². The Balaban J connectivity index is 2.48. The summed E-state index contributed by atoms with van der Waals surface area (Å²) in [5, 5.41) is 0. The zero-order chi connectivity index (χ0) is 10.6. The molecule has 0 radical (unpaired) electrons. The summed E-state index contributed by atoms with van der Waals surface area (Å²) >= 11 is 0. The molecule has 14 heavy (non-hydrogen) atoms. The van der Waals surface area contributed by atoms with E-state index in [0.717, 1.165) is 12.8 Å². The Hall–Kier alpha value is -1.05. The van der Waals surface area contributed by atoms with Gasteiger partial charge in [-0.05, 0) is 31.8 Å². The van der Waals surface area contributed by atoms with Crippen LogP contribution in [0.4, 0.5) is 0 Å². The molecule has 1 aliphatic rings. The molecule has 0 fully saturated rings. The maximum absolute atomic E-state index is 11.1. The van der Waals surface area contributed by atoms with Crippen LogP contribution in [0.1, 0.15) is 33.1 Å². The molecule has 2 heteroatoms. The highest BCUT2D eigenvalue weighted by Crippen LogP contribution is 2.26. The molecule has 1 aliphatic carbocycles. The first-order valence-corrected chi connectivity index (χ1v) is 5.15. The van der Waals surface area contributed by atoms with Crippen molar-refractivity contribution < 1.29 is 9.53 Å². The van der Waals surface area contributed by atoms with Crippen molar-refractivity contribution in [1.29, 1.82) is 0 Å². The zero-order valence-electron chi connectivity index (χ0n) is 8.95. The second-order valence-electron chi connectivity index (χ2n) is 3.82. The highest BCUT2D eigenvalue weighted by atomic mass is 16.5. The van der Waals surface area contributed by atoms with Gasteiger partial charge in [0.05, 0.1) is 0 Å². The molecule has 0 N–H and O–H groups in total. The van der Waals surface area contributed by atoms with Crippen molar-refractivity contribution in [2.24, 2.45) is 5.92 Å².